The lowest BCUT2D eigenvalue weighted by Crippen LogP contribution is -2.37. The Kier molecular flexibility index (Phi) is 9.60. The Morgan fingerprint density at radius 1 is 0.708 bits per heavy atom. The van der Waals surface area contributed by atoms with Crippen LogP contribution in [0, 0.1) is 0 Å². The zero-order valence-corrected chi connectivity index (χ0v) is 27.3. The van der Waals surface area contributed by atoms with Crippen LogP contribution in [-0.4, -0.2) is 71.3 Å². The van der Waals surface area contributed by atoms with Crippen LogP contribution in [0.3, 0.4) is 0 Å². The Hall–Kier alpha value is -5.23. The van der Waals surface area contributed by atoms with Crippen molar-refractivity contribution in [2.24, 2.45) is 0 Å². The Bertz CT molecular complexity index is 2010. The summed E-state index contributed by atoms with van der Waals surface area (Å²) in [7, 11) is 1.66. The number of nitrogens with one attached hydrogen (secondary N) is 4. The number of nitrogens with zero attached hydrogens (tertiary/aromatic N) is 5. The predicted octanol–water partition coefficient (Wildman–Crippen LogP) is 7.60. The second-order valence-electron chi connectivity index (χ2n) is 11.4. The second-order valence-corrected chi connectivity index (χ2v) is 11.8. The molecule has 0 unspecified atom stereocenters. The maximum absolute atomic E-state index is 6.32. The monoisotopic (exact) mass is 661 g/mol. The van der Waals surface area contributed by atoms with E-state index in [0.29, 0.717) is 22.9 Å². The summed E-state index contributed by atoms with van der Waals surface area (Å²) in [5.74, 6) is 2.12. The molecule has 6 aromatic rings. The van der Waals surface area contributed by atoms with Crippen molar-refractivity contribution in [2.45, 2.75) is 6.42 Å². The molecule has 0 saturated carbocycles. The minimum absolute atomic E-state index is 0.426. The molecule has 7 rings (SSSR count). The maximum atomic E-state index is 6.32. The zero-order chi connectivity index (χ0) is 32.7. The normalized spacial score (nSPS) is 13.4. The van der Waals surface area contributed by atoms with Crippen LogP contribution in [0.25, 0.3) is 21.8 Å². The summed E-state index contributed by atoms with van der Waals surface area (Å²) in [5.41, 5.74) is 5.18. The fourth-order valence-electron chi connectivity index (χ4n) is 5.61. The van der Waals surface area contributed by atoms with Crippen LogP contribution in [-0.2, 0) is 4.74 Å². The van der Waals surface area contributed by atoms with Crippen molar-refractivity contribution in [1.82, 2.24) is 24.8 Å². The van der Waals surface area contributed by atoms with E-state index in [9.17, 15) is 0 Å². The number of anilines is 7. The number of ether oxygens (including phenoxy) is 2. The fraction of sp³-hybridized carbons (Fsp3) is 0.222. The number of para-hydroxylation sites is 1. The lowest BCUT2D eigenvalue weighted by atomic mass is 10.1. The number of morpholine rings is 1. The van der Waals surface area contributed by atoms with Crippen LogP contribution in [0.4, 0.5) is 40.6 Å². The van der Waals surface area contributed by atoms with Crippen molar-refractivity contribution in [3.05, 3.63) is 96.0 Å². The largest absolute Gasteiger partial charge is 0.497 e. The van der Waals surface area contributed by atoms with E-state index in [4.69, 9.17) is 26.1 Å². The van der Waals surface area contributed by atoms with Gasteiger partial charge < -0.3 is 30.7 Å². The van der Waals surface area contributed by atoms with Crippen molar-refractivity contribution in [1.29, 1.82) is 0 Å². The Balaban J connectivity index is 1.10. The van der Waals surface area contributed by atoms with E-state index in [1.807, 2.05) is 91.0 Å². The van der Waals surface area contributed by atoms with Crippen molar-refractivity contribution in [3.63, 3.8) is 0 Å². The minimum Gasteiger partial charge on any atom is -0.497 e. The number of hydrogen-bond acceptors (Lipinski definition) is 11. The number of fused-ring (bicyclic) bond motifs is 2. The summed E-state index contributed by atoms with van der Waals surface area (Å²) in [6.07, 6.45) is 0.965. The molecule has 1 aliphatic rings. The van der Waals surface area contributed by atoms with Crippen molar-refractivity contribution in [2.75, 3.05) is 67.8 Å². The highest BCUT2D eigenvalue weighted by Gasteiger charge is 2.13. The number of rotatable bonds is 12. The zero-order valence-electron chi connectivity index (χ0n) is 26.5. The van der Waals surface area contributed by atoms with Gasteiger partial charge in [0.1, 0.15) is 5.75 Å². The molecule has 48 heavy (non-hydrogen) atoms. The van der Waals surface area contributed by atoms with Crippen molar-refractivity contribution in [3.8, 4) is 5.75 Å². The van der Waals surface area contributed by atoms with Crippen LogP contribution in [0.15, 0.2) is 91.0 Å². The van der Waals surface area contributed by atoms with Crippen LogP contribution in [0.1, 0.15) is 6.42 Å². The highest BCUT2D eigenvalue weighted by atomic mass is 35.5. The van der Waals surface area contributed by atoms with Gasteiger partial charge in [-0.25, -0.2) is 4.98 Å². The number of aromatic nitrogens is 4. The molecule has 12 heteroatoms. The molecule has 244 valence electrons. The van der Waals surface area contributed by atoms with Gasteiger partial charge in [-0.15, -0.1) is 0 Å². The number of pyridine rings is 1. The molecule has 0 amide bonds. The van der Waals surface area contributed by atoms with Gasteiger partial charge in [0.2, 0.25) is 17.8 Å². The third-order valence-electron chi connectivity index (χ3n) is 8.06. The summed E-state index contributed by atoms with van der Waals surface area (Å²) in [5, 5.41) is 16.2. The predicted molar refractivity (Wildman–Crippen MR) is 194 cm³/mol. The van der Waals surface area contributed by atoms with Gasteiger partial charge in [0.05, 0.1) is 37.0 Å². The molecule has 4 N–H and O–H groups in total. The summed E-state index contributed by atoms with van der Waals surface area (Å²) in [4.78, 5) is 21.2. The summed E-state index contributed by atoms with van der Waals surface area (Å²) < 4.78 is 11.0. The van der Waals surface area contributed by atoms with Crippen molar-refractivity contribution < 1.29 is 9.47 Å². The maximum Gasteiger partial charge on any atom is 0.233 e. The first-order valence-corrected chi connectivity index (χ1v) is 16.3. The first-order valence-electron chi connectivity index (χ1n) is 15.9. The lowest BCUT2D eigenvalue weighted by Gasteiger charge is -2.26. The van der Waals surface area contributed by atoms with Gasteiger partial charge in [0, 0.05) is 52.5 Å². The van der Waals surface area contributed by atoms with Crippen molar-refractivity contribution >= 4 is 74.0 Å². The number of benzene rings is 4. The average molecular weight is 662 g/mol. The standard InChI is InChI=1S/C36H36ClN9O2/c1-47-28-13-15-31-30(23-28)33(29-14-8-24(37)22-32(29)42-31)39-26-9-11-27(12-10-26)41-36-44-34(38-16-5-17-46-18-20-48-21-19-46)43-35(45-36)40-25-6-3-2-4-7-25/h2-4,6-15,22-23H,5,16-21H2,1H3,(H,39,42)(H3,38,40,41,43,44,45). The molecule has 0 aliphatic carbocycles. The summed E-state index contributed by atoms with van der Waals surface area (Å²) in [6.45, 7) is 5.27. The van der Waals surface area contributed by atoms with Gasteiger partial charge >= 0.3 is 0 Å². The first kappa shape index (κ1) is 31.4. The Labute approximate surface area is 283 Å². The van der Waals surface area contributed by atoms with Crippen LogP contribution in [0.2, 0.25) is 5.02 Å². The summed E-state index contributed by atoms with van der Waals surface area (Å²) in [6, 6.07) is 29.4. The molecule has 3 heterocycles. The second kappa shape index (κ2) is 14.7. The summed E-state index contributed by atoms with van der Waals surface area (Å²) >= 11 is 6.32. The third kappa shape index (κ3) is 7.66. The van der Waals surface area contributed by atoms with Gasteiger partial charge in [-0.1, -0.05) is 29.8 Å². The lowest BCUT2D eigenvalue weighted by molar-refractivity contribution is 0.0378. The molecule has 0 bridgehead atoms. The van der Waals surface area contributed by atoms with E-state index in [-0.39, 0.29) is 0 Å². The van der Waals surface area contributed by atoms with E-state index in [0.717, 1.165) is 96.1 Å². The van der Waals surface area contributed by atoms with E-state index >= 15 is 0 Å². The van der Waals surface area contributed by atoms with E-state index < -0.39 is 0 Å². The molecule has 1 fully saturated rings. The van der Waals surface area contributed by atoms with Crippen LogP contribution in [0.5, 0.6) is 5.75 Å². The molecule has 1 saturated heterocycles. The molecule has 0 atom stereocenters. The molecule has 0 spiro atoms. The quantitative estimate of drug-likeness (QED) is 0.0766. The average Bonchev–Trinajstić information content (AvgIpc) is 3.11. The number of methoxy groups -OCH3 is 1. The first-order chi connectivity index (χ1) is 23.6. The van der Waals surface area contributed by atoms with E-state index in [1.54, 1.807) is 7.11 Å². The Morgan fingerprint density at radius 3 is 2.12 bits per heavy atom. The molecule has 1 aliphatic heterocycles. The Morgan fingerprint density at radius 2 is 1.40 bits per heavy atom. The van der Waals surface area contributed by atoms with E-state index in [2.05, 4.69) is 41.1 Å². The topological polar surface area (TPSA) is 121 Å². The number of hydrogen-bond donors (Lipinski definition) is 4. The SMILES string of the molecule is COc1ccc2nc3cc(Cl)ccc3c(Nc3ccc(Nc4nc(NCCCN5CCOCC5)nc(Nc5ccccc5)n4)cc3)c2c1. The highest BCUT2D eigenvalue weighted by molar-refractivity contribution is 6.31. The number of halogens is 1. The van der Waals surface area contributed by atoms with Crippen LogP contribution < -0.4 is 26.0 Å². The molecular formula is C36H36ClN9O2. The molecule has 11 nitrogen and oxygen atoms in total. The van der Waals surface area contributed by atoms with Gasteiger partial charge in [-0.3, -0.25) is 4.90 Å². The van der Waals surface area contributed by atoms with Gasteiger partial charge in [0.25, 0.3) is 0 Å². The smallest absolute Gasteiger partial charge is 0.233 e. The van der Waals surface area contributed by atoms with Gasteiger partial charge in [0.15, 0.2) is 0 Å². The van der Waals surface area contributed by atoms with E-state index in [1.165, 1.54) is 0 Å². The molecule has 0 radical (unpaired) electrons. The highest BCUT2D eigenvalue weighted by Crippen LogP contribution is 2.36. The molecular weight excluding hydrogens is 626 g/mol. The van der Waals surface area contributed by atoms with Crippen LogP contribution >= 0.6 is 11.6 Å². The van der Waals surface area contributed by atoms with Gasteiger partial charge in [-0.05, 0) is 85.8 Å². The molecule has 2 aromatic heterocycles. The molecule has 4 aromatic carbocycles. The van der Waals surface area contributed by atoms with Gasteiger partial charge in [-0.2, -0.15) is 15.0 Å². The fourth-order valence-corrected chi connectivity index (χ4v) is 5.78. The minimum atomic E-state index is 0.426. The third-order valence-corrected chi connectivity index (χ3v) is 8.29.